The van der Waals surface area contributed by atoms with E-state index in [-0.39, 0.29) is 31.1 Å². The average molecular weight is 807 g/mol. The molecule has 0 unspecified atom stereocenters. The van der Waals surface area contributed by atoms with Crippen LogP contribution in [0.4, 0.5) is 0 Å². The number of ether oxygens (including phenoxy) is 3. The van der Waals surface area contributed by atoms with Crippen LogP contribution < -0.4 is 0 Å². The van der Waals surface area contributed by atoms with Crippen molar-refractivity contribution in [3.05, 3.63) is 0 Å². The first-order valence-corrected chi connectivity index (χ1v) is 25.4. The molecule has 0 rings (SSSR count). The highest BCUT2D eigenvalue weighted by Crippen LogP contribution is 2.17. The normalized spacial score (nSPS) is 11.9. The quantitative estimate of drug-likeness (QED) is 0.0346. The van der Waals surface area contributed by atoms with Crippen molar-refractivity contribution in [2.24, 2.45) is 5.92 Å². The Hall–Kier alpha value is -1.59. The highest BCUT2D eigenvalue weighted by atomic mass is 16.6. The van der Waals surface area contributed by atoms with Crippen LogP contribution in [0.5, 0.6) is 0 Å². The Labute approximate surface area is 355 Å². The zero-order valence-electron chi connectivity index (χ0n) is 38.8. The molecule has 0 N–H and O–H groups in total. The highest BCUT2D eigenvalue weighted by Gasteiger charge is 2.19. The fourth-order valence-corrected chi connectivity index (χ4v) is 7.69. The van der Waals surface area contributed by atoms with E-state index in [1.54, 1.807) is 0 Å². The van der Waals surface area contributed by atoms with E-state index in [9.17, 15) is 14.4 Å². The number of carbonyl (C=O) groups is 3. The van der Waals surface area contributed by atoms with E-state index < -0.39 is 6.10 Å². The van der Waals surface area contributed by atoms with E-state index in [2.05, 4.69) is 27.7 Å². The maximum atomic E-state index is 12.6. The molecule has 0 fully saturated rings. The number of hydrogen-bond acceptors (Lipinski definition) is 6. The van der Waals surface area contributed by atoms with Gasteiger partial charge in [-0.1, -0.05) is 246 Å². The van der Waals surface area contributed by atoms with Crippen molar-refractivity contribution in [1.82, 2.24) is 0 Å². The van der Waals surface area contributed by atoms with Crippen LogP contribution in [-0.4, -0.2) is 37.2 Å². The lowest BCUT2D eigenvalue weighted by molar-refractivity contribution is -0.167. The van der Waals surface area contributed by atoms with E-state index in [0.29, 0.717) is 19.3 Å². The molecule has 0 bridgehead atoms. The van der Waals surface area contributed by atoms with Crippen molar-refractivity contribution in [1.29, 1.82) is 0 Å². The predicted molar refractivity (Wildman–Crippen MR) is 243 cm³/mol. The van der Waals surface area contributed by atoms with Gasteiger partial charge < -0.3 is 14.2 Å². The minimum Gasteiger partial charge on any atom is -0.462 e. The minimum atomic E-state index is -0.758. The van der Waals surface area contributed by atoms with Gasteiger partial charge in [-0.15, -0.1) is 0 Å². The first-order valence-electron chi connectivity index (χ1n) is 25.4. The third-order valence-corrected chi connectivity index (χ3v) is 11.5. The topological polar surface area (TPSA) is 78.9 Å². The number of unbranched alkanes of at least 4 members (excludes halogenated alkanes) is 33. The first kappa shape index (κ1) is 55.4. The molecule has 0 radical (unpaired) electrons. The summed E-state index contributed by atoms with van der Waals surface area (Å²) in [6.45, 7) is 8.96. The van der Waals surface area contributed by atoms with Crippen molar-refractivity contribution in [3.63, 3.8) is 0 Å². The summed E-state index contributed by atoms with van der Waals surface area (Å²) in [5.41, 5.74) is 0. The zero-order valence-corrected chi connectivity index (χ0v) is 38.8. The fourth-order valence-electron chi connectivity index (χ4n) is 7.69. The molecular weight excluding hydrogens is 709 g/mol. The third-order valence-electron chi connectivity index (χ3n) is 11.5. The molecule has 0 saturated carbocycles. The Morgan fingerprint density at radius 1 is 0.333 bits per heavy atom. The van der Waals surface area contributed by atoms with Crippen molar-refractivity contribution >= 4 is 17.9 Å². The molecule has 0 aliphatic rings. The summed E-state index contributed by atoms with van der Waals surface area (Å²) < 4.78 is 16.7. The molecule has 6 heteroatoms. The summed E-state index contributed by atoms with van der Waals surface area (Å²) in [7, 11) is 0. The smallest absolute Gasteiger partial charge is 0.306 e. The Bertz CT molecular complexity index is 857. The van der Waals surface area contributed by atoms with E-state index in [4.69, 9.17) is 14.2 Å². The fraction of sp³-hybridized carbons (Fsp3) is 0.941. The van der Waals surface area contributed by atoms with E-state index in [1.165, 1.54) is 173 Å². The number of esters is 3. The molecular formula is C51H98O6. The van der Waals surface area contributed by atoms with Gasteiger partial charge in [0.2, 0.25) is 0 Å². The van der Waals surface area contributed by atoms with Gasteiger partial charge in [-0.25, -0.2) is 0 Å². The second kappa shape index (κ2) is 45.5. The van der Waals surface area contributed by atoms with E-state index in [1.807, 2.05) is 0 Å². The molecule has 0 aromatic carbocycles. The lowest BCUT2D eigenvalue weighted by Gasteiger charge is -2.18. The summed E-state index contributed by atoms with van der Waals surface area (Å²) in [4.78, 5) is 37.6. The van der Waals surface area contributed by atoms with Crippen molar-refractivity contribution in [3.8, 4) is 0 Å². The molecule has 6 nitrogen and oxygen atoms in total. The SMILES string of the molecule is CCCCCCCCCCCCCCCCCCCC(=O)OC[C@@H](COC(=O)CCCCCCCCCCCCCCCCC(C)C)OC(=O)CCCCCCC. The lowest BCUT2D eigenvalue weighted by atomic mass is 10.0. The van der Waals surface area contributed by atoms with Gasteiger partial charge in [0.05, 0.1) is 0 Å². The third kappa shape index (κ3) is 45.3. The van der Waals surface area contributed by atoms with Gasteiger partial charge in [-0.3, -0.25) is 14.4 Å². The van der Waals surface area contributed by atoms with Crippen molar-refractivity contribution < 1.29 is 28.6 Å². The Morgan fingerprint density at radius 2 is 0.579 bits per heavy atom. The highest BCUT2D eigenvalue weighted by molar-refractivity contribution is 5.71. The maximum Gasteiger partial charge on any atom is 0.306 e. The van der Waals surface area contributed by atoms with Crippen LogP contribution in [0.3, 0.4) is 0 Å². The predicted octanol–water partition coefficient (Wildman–Crippen LogP) is 16.3. The molecule has 0 spiro atoms. The van der Waals surface area contributed by atoms with Gasteiger partial charge >= 0.3 is 17.9 Å². The second-order valence-electron chi connectivity index (χ2n) is 17.9. The van der Waals surface area contributed by atoms with Crippen LogP contribution in [0.2, 0.25) is 0 Å². The first-order chi connectivity index (χ1) is 27.9. The number of hydrogen-bond donors (Lipinski definition) is 0. The van der Waals surface area contributed by atoms with Gasteiger partial charge in [-0.2, -0.15) is 0 Å². The van der Waals surface area contributed by atoms with Gasteiger partial charge in [0.1, 0.15) is 13.2 Å². The summed E-state index contributed by atoms with van der Waals surface area (Å²) in [5.74, 6) is -0.0163. The standard InChI is InChI=1S/C51H98O6/c1-5-7-9-11-12-13-14-15-16-17-18-22-25-28-31-35-38-42-49(52)55-45-48(57-51(54)44-40-33-10-8-6-2)46-56-50(53)43-39-36-32-29-26-23-20-19-21-24-27-30-34-37-41-47(3)4/h47-48H,5-46H2,1-4H3/t48-/m0/s1. The van der Waals surface area contributed by atoms with Crippen LogP contribution in [0.25, 0.3) is 0 Å². The number of rotatable bonds is 46. The van der Waals surface area contributed by atoms with E-state index >= 15 is 0 Å². The molecule has 0 aliphatic heterocycles. The number of carbonyl (C=O) groups excluding carboxylic acids is 3. The van der Waals surface area contributed by atoms with Crippen LogP contribution in [0, 0.1) is 5.92 Å². The summed E-state index contributed by atoms with van der Waals surface area (Å²) in [6.07, 6.45) is 47.0. The monoisotopic (exact) mass is 807 g/mol. The molecule has 1 atom stereocenters. The summed E-state index contributed by atoms with van der Waals surface area (Å²) in [6, 6.07) is 0. The molecule has 0 aliphatic carbocycles. The van der Waals surface area contributed by atoms with Gasteiger partial charge in [0.25, 0.3) is 0 Å². The summed E-state index contributed by atoms with van der Waals surface area (Å²) in [5, 5.41) is 0. The molecule has 338 valence electrons. The van der Waals surface area contributed by atoms with Crippen LogP contribution >= 0.6 is 0 Å². The summed E-state index contributed by atoms with van der Waals surface area (Å²) >= 11 is 0. The van der Waals surface area contributed by atoms with E-state index in [0.717, 1.165) is 70.1 Å². The Kier molecular flexibility index (Phi) is 44.2. The largest absolute Gasteiger partial charge is 0.462 e. The van der Waals surface area contributed by atoms with Crippen LogP contribution in [0.15, 0.2) is 0 Å². The molecule has 0 aromatic rings. The van der Waals surface area contributed by atoms with Crippen molar-refractivity contribution in [2.75, 3.05) is 13.2 Å². The minimum absolute atomic E-state index is 0.0644. The zero-order chi connectivity index (χ0) is 41.7. The molecule has 0 saturated heterocycles. The average Bonchev–Trinajstić information content (AvgIpc) is 3.19. The molecule has 0 amide bonds. The van der Waals surface area contributed by atoms with Gasteiger partial charge in [0, 0.05) is 19.3 Å². The van der Waals surface area contributed by atoms with Gasteiger partial charge in [-0.05, 0) is 25.2 Å². The van der Waals surface area contributed by atoms with Crippen LogP contribution in [0.1, 0.15) is 285 Å². The molecule has 0 aromatic heterocycles. The lowest BCUT2D eigenvalue weighted by Crippen LogP contribution is -2.30. The Balaban J connectivity index is 4.06. The van der Waals surface area contributed by atoms with Gasteiger partial charge in [0.15, 0.2) is 6.10 Å². The second-order valence-corrected chi connectivity index (χ2v) is 17.9. The maximum absolute atomic E-state index is 12.6. The Morgan fingerprint density at radius 3 is 0.860 bits per heavy atom. The molecule has 57 heavy (non-hydrogen) atoms. The van der Waals surface area contributed by atoms with Crippen LogP contribution in [-0.2, 0) is 28.6 Å². The van der Waals surface area contributed by atoms with Crippen molar-refractivity contribution in [2.45, 2.75) is 291 Å². The molecule has 0 heterocycles.